The van der Waals surface area contributed by atoms with Gasteiger partial charge in [-0.3, -0.25) is 4.79 Å². The van der Waals surface area contributed by atoms with Gasteiger partial charge in [0.05, 0.1) is 5.71 Å². The summed E-state index contributed by atoms with van der Waals surface area (Å²) < 4.78 is 10.6. The van der Waals surface area contributed by atoms with E-state index in [-0.39, 0.29) is 25.3 Å². The van der Waals surface area contributed by atoms with Crippen molar-refractivity contribution in [3.05, 3.63) is 59.7 Å². The van der Waals surface area contributed by atoms with Crippen LogP contribution in [0.25, 0.3) is 0 Å². The monoisotopic (exact) mass is 368 g/mol. The molecule has 0 aromatic heterocycles. The number of hydrogen-bond acceptors (Lipinski definition) is 5. The second-order valence-corrected chi connectivity index (χ2v) is 6.51. The third kappa shape index (κ3) is 5.48. The molecule has 1 N–H and O–H groups in total. The van der Waals surface area contributed by atoms with Crippen molar-refractivity contribution in [1.29, 1.82) is 0 Å². The van der Waals surface area contributed by atoms with E-state index >= 15 is 0 Å². The molecule has 1 aliphatic heterocycles. The van der Waals surface area contributed by atoms with Crippen molar-refractivity contribution < 1.29 is 19.1 Å². The molecular formula is C21H24N2O4. The number of nitrogens with one attached hydrogen (secondary N) is 1. The van der Waals surface area contributed by atoms with Crippen molar-refractivity contribution in [2.45, 2.75) is 32.7 Å². The normalized spacial score (nSPS) is 13.9. The summed E-state index contributed by atoms with van der Waals surface area (Å²) in [6.07, 6.45) is 1.79. The predicted molar refractivity (Wildman–Crippen MR) is 103 cm³/mol. The zero-order chi connectivity index (χ0) is 19.1. The maximum Gasteiger partial charge on any atom is 0.260 e. The summed E-state index contributed by atoms with van der Waals surface area (Å²) in [6.45, 7) is 3.92. The zero-order valence-corrected chi connectivity index (χ0v) is 15.6. The van der Waals surface area contributed by atoms with Gasteiger partial charge in [-0.05, 0) is 50.5 Å². The van der Waals surface area contributed by atoms with Crippen LogP contribution in [-0.2, 0) is 16.1 Å². The summed E-state index contributed by atoms with van der Waals surface area (Å²) >= 11 is 0. The third-order valence-corrected chi connectivity index (χ3v) is 4.30. The van der Waals surface area contributed by atoms with E-state index in [0.29, 0.717) is 11.5 Å². The minimum absolute atomic E-state index is 0.0697. The minimum Gasteiger partial charge on any atom is -0.454 e. The Balaban J connectivity index is 1.41. The van der Waals surface area contributed by atoms with Crippen LogP contribution in [0.4, 0.5) is 0 Å². The molecule has 3 rings (SSSR count). The first-order valence-corrected chi connectivity index (χ1v) is 9.01. The number of ether oxygens (including phenoxy) is 2. The Bertz CT molecular complexity index is 805. The standard InChI is InChI=1S/C21H24N2O4/c1-15(8-9-17-6-4-3-5-7-17)22-21(24)13-27-23-16(2)18-10-11-19-20(12-18)26-14-25-19/h3-7,10-12,15H,8-9,13-14H2,1-2H3,(H,22,24)/b23-16+. The lowest BCUT2D eigenvalue weighted by molar-refractivity contribution is -0.126. The SMILES string of the molecule is C/C(=N\OCC(=O)NC(C)CCc1ccccc1)c1ccc2c(c1)OCO2. The summed E-state index contributed by atoms with van der Waals surface area (Å²) in [4.78, 5) is 17.2. The third-order valence-electron chi connectivity index (χ3n) is 4.30. The summed E-state index contributed by atoms with van der Waals surface area (Å²) in [5, 5.41) is 6.95. The Labute approximate surface area is 159 Å². The molecule has 2 aromatic carbocycles. The van der Waals surface area contributed by atoms with Crippen molar-refractivity contribution in [2.75, 3.05) is 13.4 Å². The van der Waals surface area contributed by atoms with Gasteiger partial charge in [0.25, 0.3) is 5.91 Å². The fourth-order valence-electron chi connectivity index (χ4n) is 2.78. The quantitative estimate of drug-likeness (QED) is 0.573. The Morgan fingerprint density at radius 3 is 2.78 bits per heavy atom. The van der Waals surface area contributed by atoms with Gasteiger partial charge >= 0.3 is 0 Å². The second kappa shape index (κ2) is 9.07. The van der Waals surface area contributed by atoms with Crippen LogP contribution in [0.2, 0.25) is 0 Å². The average molecular weight is 368 g/mol. The van der Waals surface area contributed by atoms with E-state index in [4.69, 9.17) is 14.3 Å². The van der Waals surface area contributed by atoms with Gasteiger partial charge in [-0.25, -0.2) is 0 Å². The van der Waals surface area contributed by atoms with Crippen LogP contribution in [0.3, 0.4) is 0 Å². The van der Waals surface area contributed by atoms with Crippen LogP contribution in [0.15, 0.2) is 53.7 Å². The highest BCUT2D eigenvalue weighted by Gasteiger charge is 2.14. The molecule has 6 heteroatoms. The van der Waals surface area contributed by atoms with E-state index < -0.39 is 0 Å². The molecule has 0 aliphatic carbocycles. The summed E-state index contributed by atoms with van der Waals surface area (Å²) in [7, 11) is 0. The molecule has 0 bridgehead atoms. The number of fused-ring (bicyclic) bond motifs is 1. The Morgan fingerprint density at radius 1 is 1.19 bits per heavy atom. The fraction of sp³-hybridized carbons (Fsp3) is 0.333. The lowest BCUT2D eigenvalue weighted by Gasteiger charge is -2.13. The molecule has 0 saturated carbocycles. The number of amides is 1. The van der Waals surface area contributed by atoms with E-state index in [1.807, 2.05) is 50.2 Å². The topological polar surface area (TPSA) is 69.2 Å². The Kier molecular flexibility index (Phi) is 6.30. The number of oxime groups is 1. The number of rotatable bonds is 8. The van der Waals surface area contributed by atoms with E-state index in [1.54, 1.807) is 0 Å². The van der Waals surface area contributed by atoms with E-state index in [9.17, 15) is 4.79 Å². The van der Waals surface area contributed by atoms with E-state index in [1.165, 1.54) is 5.56 Å². The smallest absolute Gasteiger partial charge is 0.260 e. The highest BCUT2D eigenvalue weighted by molar-refractivity contribution is 5.99. The first kappa shape index (κ1) is 18.8. The molecule has 2 aromatic rings. The number of benzene rings is 2. The number of carbonyl (C=O) groups excluding carboxylic acids is 1. The second-order valence-electron chi connectivity index (χ2n) is 6.51. The molecule has 1 unspecified atom stereocenters. The number of carbonyl (C=O) groups is 1. The maximum absolute atomic E-state index is 12.0. The molecule has 1 atom stereocenters. The van der Waals surface area contributed by atoms with Gasteiger partial charge < -0.3 is 19.6 Å². The van der Waals surface area contributed by atoms with Crippen molar-refractivity contribution in [3.8, 4) is 11.5 Å². The number of hydrogen-bond donors (Lipinski definition) is 1. The van der Waals surface area contributed by atoms with E-state index in [0.717, 1.165) is 24.2 Å². The van der Waals surface area contributed by atoms with Gasteiger partial charge in [0.2, 0.25) is 6.79 Å². The summed E-state index contributed by atoms with van der Waals surface area (Å²) in [5.41, 5.74) is 2.79. The van der Waals surface area contributed by atoms with Gasteiger partial charge in [0.15, 0.2) is 18.1 Å². The Hall–Kier alpha value is -3.02. The van der Waals surface area contributed by atoms with Crippen molar-refractivity contribution in [1.82, 2.24) is 5.32 Å². The van der Waals surface area contributed by atoms with Crippen LogP contribution in [0, 0.1) is 0 Å². The molecule has 0 spiro atoms. The lowest BCUT2D eigenvalue weighted by atomic mass is 10.1. The van der Waals surface area contributed by atoms with Crippen molar-refractivity contribution in [3.63, 3.8) is 0 Å². The average Bonchev–Trinajstić information content (AvgIpc) is 3.15. The molecular weight excluding hydrogens is 344 g/mol. The lowest BCUT2D eigenvalue weighted by Crippen LogP contribution is -2.35. The minimum atomic E-state index is -0.183. The highest BCUT2D eigenvalue weighted by Crippen LogP contribution is 2.32. The largest absolute Gasteiger partial charge is 0.454 e. The number of aryl methyl sites for hydroxylation is 1. The molecule has 1 amide bonds. The molecule has 27 heavy (non-hydrogen) atoms. The van der Waals surface area contributed by atoms with Crippen molar-refractivity contribution in [2.24, 2.45) is 5.16 Å². The molecule has 142 valence electrons. The van der Waals surface area contributed by atoms with Crippen molar-refractivity contribution >= 4 is 11.6 Å². The number of nitrogens with zero attached hydrogens (tertiary/aromatic N) is 1. The fourth-order valence-corrected chi connectivity index (χ4v) is 2.78. The van der Waals surface area contributed by atoms with Gasteiger partial charge in [0, 0.05) is 11.6 Å². The highest BCUT2D eigenvalue weighted by atomic mass is 16.7. The summed E-state index contributed by atoms with van der Waals surface area (Å²) in [6, 6.07) is 15.8. The maximum atomic E-state index is 12.0. The van der Waals surface area contributed by atoms with Crippen LogP contribution in [0.5, 0.6) is 11.5 Å². The molecule has 0 fully saturated rings. The molecule has 0 radical (unpaired) electrons. The van der Waals surface area contributed by atoms with Gasteiger partial charge in [-0.1, -0.05) is 35.5 Å². The van der Waals surface area contributed by atoms with Gasteiger partial charge in [0.1, 0.15) is 0 Å². The first-order valence-electron chi connectivity index (χ1n) is 9.01. The van der Waals surface area contributed by atoms with E-state index in [2.05, 4.69) is 22.6 Å². The molecule has 1 heterocycles. The van der Waals surface area contributed by atoms with Crippen LogP contribution >= 0.6 is 0 Å². The summed E-state index contributed by atoms with van der Waals surface area (Å²) in [5.74, 6) is 1.22. The molecule has 1 aliphatic rings. The molecule has 6 nitrogen and oxygen atoms in total. The van der Waals surface area contributed by atoms with Gasteiger partial charge in [-0.15, -0.1) is 0 Å². The predicted octanol–water partition coefficient (Wildman–Crippen LogP) is 3.29. The zero-order valence-electron chi connectivity index (χ0n) is 15.6. The Morgan fingerprint density at radius 2 is 1.96 bits per heavy atom. The molecule has 0 saturated heterocycles. The van der Waals surface area contributed by atoms with Crippen LogP contribution < -0.4 is 14.8 Å². The van der Waals surface area contributed by atoms with Crippen LogP contribution in [-0.4, -0.2) is 31.1 Å². The first-order chi connectivity index (χ1) is 13.1. The van der Waals surface area contributed by atoms with Crippen LogP contribution in [0.1, 0.15) is 31.4 Å². The van der Waals surface area contributed by atoms with Gasteiger partial charge in [-0.2, -0.15) is 0 Å².